The zero-order valence-electron chi connectivity index (χ0n) is 12.1. The van der Waals surface area contributed by atoms with Crippen LogP contribution in [0.1, 0.15) is 85.5 Å². The first-order chi connectivity index (χ1) is 7.74. The Bertz CT molecular complexity index is 128. The molecule has 97 valence electrons. The van der Waals surface area contributed by atoms with Crippen molar-refractivity contribution in [1.29, 1.82) is 0 Å². The van der Waals surface area contributed by atoms with Gasteiger partial charge in [0.2, 0.25) is 0 Å². The van der Waals surface area contributed by atoms with E-state index in [1.807, 2.05) is 0 Å². The second kappa shape index (κ2) is 11.5. The van der Waals surface area contributed by atoms with Crippen molar-refractivity contribution >= 4 is 0 Å². The van der Waals surface area contributed by atoms with E-state index < -0.39 is 0 Å². The first-order valence-electron chi connectivity index (χ1n) is 7.59. The second-order valence-electron chi connectivity index (χ2n) is 5.36. The molecule has 1 radical (unpaired) electrons. The third-order valence-electron chi connectivity index (χ3n) is 3.45. The molecule has 0 aromatic carbocycles. The molecular weight excluding hydrogens is 192 g/mol. The van der Waals surface area contributed by atoms with Crippen LogP contribution in [0, 0.1) is 18.3 Å². The van der Waals surface area contributed by atoms with E-state index in [1.165, 1.54) is 57.8 Å². The van der Waals surface area contributed by atoms with Crippen molar-refractivity contribution < 1.29 is 0 Å². The van der Waals surface area contributed by atoms with Gasteiger partial charge in [0.25, 0.3) is 0 Å². The average molecular weight is 225 g/mol. The van der Waals surface area contributed by atoms with Crippen LogP contribution in [0.15, 0.2) is 0 Å². The van der Waals surface area contributed by atoms with Gasteiger partial charge in [-0.05, 0) is 18.3 Å². The molecule has 0 N–H and O–H groups in total. The Morgan fingerprint density at radius 1 is 0.750 bits per heavy atom. The minimum Gasteiger partial charge on any atom is -0.0654 e. The molecule has 16 heavy (non-hydrogen) atoms. The first-order valence-corrected chi connectivity index (χ1v) is 7.59. The van der Waals surface area contributed by atoms with Gasteiger partial charge >= 0.3 is 0 Å². The lowest BCUT2D eigenvalue weighted by Crippen LogP contribution is -2.08. The van der Waals surface area contributed by atoms with E-state index in [-0.39, 0.29) is 0 Å². The zero-order chi connectivity index (χ0) is 12.2. The van der Waals surface area contributed by atoms with Gasteiger partial charge in [-0.15, -0.1) is 0 Å². The van der Waals surface area contributed by atoms with Crippen LogP contribution in [-0.4, -0.2) is 0 Å². The quantitative estimate of drug-likeness (QED) is 0.377. The molecule has 0 aromatic rings. The fraction of sp³-hybridized carbons (Fsp3) is 0.938. The molecule has 0 bridgehead atoms. The maximum absolute atomic E-state index is 2.65. The third kappa shape index (κ3) is 9.24. The molecule has 2 atom stereocenters. The van der Waals surface area contributed by atoms with Gasteiger partial charge in [0.05, 0.1) is 0 Å². The number of unbranched alkanes of at least 4 members (excludes halogenated alkanes) is 3. The van der Waals surface area contributed by atoms with Crippen molar-refractivity contribution in [2.24, 2.45) is 11.8 Å². The fourth-order valence-electron chi connectivity index (χ4n) is 2.45. The highest BCUT2D eigenvalue weighted by Gasteiger charge is 2.12. The normalized spacial score (nSPS) is 15.0. The Kier molecular flexibility index (Phi) is 11.5. The lowest BCUT2D eigenvalue weighted by molar-refractivity contribution is 0.414. The highest BCUT2D eigenvalue weighted by atomic mass is 14.2. The van der Waals surface area contributed by atoms with Crippen molar-refractivity contribution in [2.45, 2.75) is 85.5 Å². The highest BCUT2D eigenvalue weighted by Crippen LogP contribution is 2.24. The van der Waals surface area contributed by atoms with Crippen LogP contribution < -0.4 is 0 Å². The SMILES string of the molecule is CCCCCC([CH]C(C)CCCC)CCC. The minimum atomic E-state index is 0.832. The van der Waals surface area contributed by atoms with Gasteiger partial charge in [0, 0.05) is 0 Å². The Morgan fingerprint density at radius 2 is 1.44 bits per heavy atom. The molecule has 0 nitrogen and oxygen atoms in total. The largest absolute Gasteiger partial charge is 0.0654 e. The molecule has 0 aliphatic carbocycles. The molecular formula is C16H33. The molecule has 0 aromatic heterocycles. The summed E-state index contributed by atoms with van der Waals surface area (Å²) in [6.45, 7) is 9.30. The zero-order valence-corrected chi connectivity index (χ0v) is 12.1. The molecule has 0 aliphatic rings. The molecule has 0 heterocycles. The standard InChI is InChI=1S/C16H33/c1-5-8-10-13-16(11-7-3)14-15(4)12-9-6-2/h14-16H,5-13H2,1-4H3. The average Bonchev–Trinajstić information content (AvgIpc) is 2.27. The van der Waals surface area contributed by atoms with Crippen LogP contribution in [0.4, 0.5) is 0 Å². The third-order valence-corrected chi connectivity index (χ3v) is 3.45. The summed E-state index contributed by atoms with van der Waals surface area (Å²) in [5.41, 5.74) is 0. The van der Waals surface area contributed by atoms with Gasteiger partial charge in [-0.3, -0.25) is 0 Å². The van der Waals surface area contributed by atoms with Crippen molar-refractivity contribution in [3.63, 3.8) is 0 Å². The Hall–Kier alpha value is 0. The van der Waals surface area contributed by atoms with Crippen molar-refractivity contribution in [3.8, 4) is 0 Å². The summed E-state index contributed by atoms with van der Waals surface area (Å²) in [5.74, 6) is 1.72. The van der Waals surface area contributed by atoms with Gasteiger partial charge in [-0.25, -0.2) is 0 Å². The topological polar surface area (TPSA) is 0 Å². The number of hydrogen-bond donors (Lipinski definition) is 0. The molecule has 0 saturated carbocycles. The lowest BCUT2D eigenvalue weighted by atomic mass is 9.86. The maximum Gasteiger partial charge on any atom is -0.0326 e. The summed E-state index contributed by atoms with van der Waals surface area (Å²) >= 11 is 0. The number of rotatable bonds is 11. The maximum atomic E-state index is 2.65. The Balaban J connectivity index is 3.72. The van der Waals surface area contributed by atoms with E-state index >= 15 is 0 Å². The first kappa shape index (κ1) is 16.0. The van der Waals surface area contributed by atoms with E-state index in [4.69, 9.17) is 0 Å². The second-order valence-corrected chi connectivity index (χ2v) is 5.36. The summed E-state index contributed by atoms with van der Waals surface area (Å²) < 4.78 is 0. The number of hydrogen-bond acceptors (Lipinski definition) is 0. The molecule has 0 amide bonds. The summed E-state index contributed by atoms with van der Waals surface area (Å²) in [6.07, 6.45) is 15.1. The van der Waals surface area contributed by atoms with Crippen molar-refractivity contribution in [3.05, 3.63) is 6.42 Å². The van der Waals surface area contributed by atoms with Crippen LogP contribution in [-0.2, 0) is 0 Å². The summed E-state index contributed by atoms with van der Waals surface area (Å²) in [7, 11) is 0. The summed E-state index contributed by atoms with van der Waals surface area (Å²) in [6, 6.07) is 0. The monoisotopic (exact) mass is 225 g/mol. The van der Waals surface area contributed by atoms with Crippen LogP contribution in [0.25, 0.3) is 0 Å². The van der Waals surface area contributed by atoms with E-state index in [0.29, 0.717) is 0 Å². The smallest absolute Gasteiger partial charge is 0.0326 e. The van der Waals surface area contributed by atoms with E-state index in [1.54, 1.807) is 0 Å². The van der Waals surface area contributed by atoms with Crippen LogP contribution in [0.3, 0.4) is 0 Å². The molecule has 0 rings (SSSR count). The molecule has 0 saturated heterocycles. The van der Waals surface area contributed by atoms with E-state index in [0.717, 1.165) is 11.8 Å². The van der Waals surface area contributed by atoms with Gasteiger partial charge in [-0.2, -0.15) is 0 Å². The van der Waals surface area contributed by atoms with Crippen molar-refractivity contribution in [2.75, 3.05) is 0 Å². The molecule has 0 aliphatic heterocycles. The predicted octanol–water partition coefficient (Wildman–Crippen LogP) is 6.01. The molecule has 0 heteroatoms. The Labute approximate surface area is 104 Å². The lowest BCUT2D eigenvalue weighted by Gasteiger charge is -2.20. The van der Waals surface area contributed by atoms with Crippen molar-refractivity contribution in [1.82, 2.24) is 0 Å². The van der Waals surface area contributed by atoms with E-state index in [9.17, 15) is 0 Å². The molecule has 0 fully saturated rings. The summed E-state index contributed by atoms with van der Waals surface area (Å²) in [4.78, 5) is 0. The van der Waals surface area contributed by atoms with Gasteiger partial charge < -0.3 is 0 Å². The van der Waals surface area contributed by atoms with Crippen LogP contribution >= 0.6 is 0 Å². The van der Waals surface area contributed by atoms with Gasteiger partial charge in [-0.1, -0.05) is 85.5 Å². The minimum absolute atomic E-state index is 0.832. The van der Waals surface area contributed by atoms with Gasteiger partial charge in [0.1, 0.15) is 0 Å². The fourth-order valence-corrected chi connectivity index (χ4v) is 2.45. The van der Waals surface area contributed by atoms with Crippen LogP contribution in [0.2, 0.25) is 0 Å². The molecule has 2 unspecified atom stereocenters. The van der Waals surface area contributed by atoms with E-state index in [2.05, 4.69) is 34.1 Å². The summed E-state index contributed by atoms with van der Waals surface area (Å²) in [5, 5.41) is 0. The Morgan fingerprint density at radius 3 is 2.00 bits per heavy atom. The van der Waals surface area contributed by atoms with Crippen LogP contribution in [0.5, 0.6) is 0 Å². The molecule has 0 spiro atoms. The highest BCUT2D eigenvalue weighted by molar-refractivity contribution is 4.81. The van der Waals surface area contributed by atoms with Gasteiger partial charge in [0.15, 0.2) is 0 Å². The predicted molar refractivity (Wildman–Crippen MR) is 75.5 cm³/mol.